The Bertz CT molecular complexity index is 744. The van der Waals surface area contributed by atoms with Gasteiger partial charge in [-0.15, -0.1) is 0 Å². The van der Waals surface area contributed by atoms with Crippen LogP contribution in [-0.2, 0) is 9.53 Å². The van der Waals surface area contributed by atoms with Crippen LogP contribution in [0.2, 0.25) is 0 Å². The molecule has 2 N–H and O–H groups in total. The van der Waals surface area contributed by atoms with Crippen molar-refractivity contribution in [2.24, 2.45) is 11.7 Å². The Kier molecular flexibility index (Phi) is 5.42. The second-order valence-electron chi connectivity index (χ2n) is 8.61. The molecule has 0 saturated carbocycles. The van der Waals surface area contributed by atoms with E-state index in [-0.39, 0.29) is 29.5 Å². The lowest BCUT2D eigenvalue weighted by atomic mass is 9.93. The highest BCUT2D eigenvalue weighted by Crippen LogP contribution is 2.38. The molecule has 4 rings (SSSR count). The largest absolute Gasteiger partial charge is 0.370 e. The topological polar surface area (TPSA) is 58.8 Å². The van der Waals surface area contributed by atoms with E-state index in [0.29, 0.717) is 19.1 Å². The van der Waals surface area contributed by atoms with Crippen LogP contribution in [0.3, 0.4) is 0 Å². The van der Waals surface area contributed by atoms with Gasteiger partial charge in [0, 0.05) is 48.7 Å². The molecule has 5 nitrogen and oxygen atoms in total. The van der Waals surface area contributed by atoms with Crippen LogP contribution in [0, 0.1) is 17.6 Å². The van der Waals surface area contributed by atoms with Crippen molar-refractivity contribution < 1.29 is 18.3 Å². The molecule has 0 radical (unpaired) electrons. The van der Waals surface area contributed by atoms with Gasteiger partial charge in [-0.3, -0.25) is 9.69 Å². The summed E-state index contributed by atoms with van der Waals surface area (Å²) in [6.45, 7) is 6.05. The molecule has 7 heteroatoms. The summed E-state index contributed by atoms with van der Waals surface area (Å²) in [6, 6.07) is 3.76. The normalized spacial score (nSPS) is 33.5. The average molecular weight is 393 g/mol. The maximum atomic E-state index is 14.1. The molecule has 1 aromatic rings. The smallest absolute Gasteiger partial charge is 0.225 e. The lowest BCUT2D eigenvalue weighted by Gasteiger charge is -2.40. The molecule has 0 aliphatic carbocycles. The molecule has 0 aromatic heterocycles. The van der Waals surface area contributed by atoms with Crippen LogP contribution >= 0.6 is 0 Å². The second-order valence-corrected chi connectivity index (χ2v) is 8.61. The number of fused-ring (bicyclic) bond motifs is 1. The van der Waals surface area contributed by atoms with E-state index < -0.39 is 23.8 Å². The highest BCUT2D eigenvalue weighted by Gasteiger charge is 2.48. The van der Waals surface area contributed by atoms with Crippen molar-refractivity contribution in [1.82, 2.24) is 9.80 Å². The zero-order chi connectivity index (χ0) is 20.0. The molecule has 5 unspecified atom stereocenters. The average Bonchev–Trinajstić information content (AvgIpc) is 3.25. The van der Waals surface area contributed by atoms with Gasteiger partial charge in [-0.05, 0) is 37.5 Å². The Balaban J connectivity index is 1.43. The SMILES string of the molecule is CC(C)C(=O)N1CCC2C1CCN2C1COC(c2cc(F)ccc2F)C(N)C1. The van der Waals surface area contributed by atoms with Crippen LogP contribution in [0.25, 0.3) is 0 Å². The van der Waals surface area contributed by atoms with Crippen molar-refractivity contribution in [1.29, 1.82) is 0 Å². The summed E-state index contributed by atoms with van der Waals surface area (Å²) in [4.78, 5) is 17.0. The summed E-state index contributed by atoms with van der Waals surface area (Å²) in [5.74, 6) is -0.730. The van der Waals surface area contributed by atoms with Crippen LogP contribution in [0.15, 0.2) is 18.2 Å². The molecule has 3 saturated heterocycles. The molecule has 28 heavy (non-hydrogen) atoms. The quantitative estimate of drug-likeness (QED) is 0.857. The number of hydrogen-bond acceptors (Lipinski definition) is 4. The molecular weight excluding hydrogens is 364 g/mol. The molecule has 0 spiro atoms. The molecule has 3 aliphatic rings. The van der Waals surface area contributed by atoms with Crippen molar-refractivity contribution in [3.63, 3.8) is 0 Å². The van der Waals surface area contributed by atoms with E-state index in [0.717, 1.165) is 38.1 Å². The molecule has 3 heterocycles. The molecule has 3 fully saturated rings. The van der Waals surface area contributed by atoms with E-state index >= 15 is 0 Å². The monoisotopic (exact) mass is 393 g/mol. The first-order chi connectivity index (χ1) is 13.4. The number of carbonyl (C=O) groups is 1. The number of nitrogens with zero attached hydrogens (tertiary/aromatic N) is 2. The number of likely N-dealkylation sites (tertiary alicyclic amines) is 2. The van der Waals surface area contributed by atoms with Gasteiger partial charge in [0.25, 0.3) is 0 Å². The lowest BCUT2D eigenvalue weighted by Crippen LogP contribution is -2.51. The first-order valence-electron chi connectivity index (χ1n) is 10.2. The van der Waals surface area contributed by atoms with E-state index in [1.807, 2.05) is 18.7 Å². The number of nitrogens with two attached hydrogens (primary N) is 1. The van der Waals surface area contributed by atoms with E-state index in [2.05, 4.69) is 4.90 Å². The minimum Gasteiger partial charge on any atom is -0.370 e. The van der Waals surface area contributed by atoms with E-state index in [1.165, 1.54) is 6.07 Å². The van der Waals surface area contributed by atoms with Crippen LogP contribution in [-0.4, -0.2) is 59.6 Å². The van der Waals surface area contributed by atoms with Gasteiger partial charge in [-0.1, -0.05) is 13.8 Å². The molecule has 154 valence electrons. The maximum Gasteiger partial charge on any atom is 0.225 e. The van der Waals surface area contributed by atoms with Gasteiger partial charge < -0.3 is 15.4 Å². The number of ether oxygens (including phenoxy) is 1. The van der Waals surface area contributed by atoms with Crippen LogP contribution in [0.4, 0.5) is 8.78 Å². The number of hydrogen-bond donors (Lipinski definition) is 1. The van der Waals surface area contributed by atoms with Gasteiger partial charge in [0.15, 0.2) is 0 Å². The lowest BCUT2D eigenvalue weighted by molar-refractivity contribution is -0.135. The molecule has 1 aromatic carbocycles. The number of halogens is 2. The highest BCUT2D eigenvalue weighted by molar-refractivity contribution is 5.79. The zero-order valence-corrected chi connectivity index (χ0v) is 16.5. The van der Waals surface area contributed by atoms with Gasteiger partial charge in [-0.25, -0.2) is 8.78 Å². The molecule has 1 amide bonds. The van der Waals surface area contributed by atoms with E-state index in [4.69, 9.17) is 10.5 Å². The van der Waals surface area contributed by atoms with Gasteiger partial charge in [0.2, 0.25) is 5.91 Å². The number of carbonyl (C=O) groups excluding carboxylic acids is 1. The molecule has 3 aliphatic heterocycles. The number of rotatable bonds is 3. The fourth-order valence-corrected chi connectivity index (χ4v) is 5.21. The minimum atomic E-state index is -0.632. The fourth-order valence-electron chi connectivity index (χ4n) is 5.21. The first kappa shape index (κ1) is 19.7. The van der Waals surface area contributed by atoms with E-state index in [9.17, 15) is 13.6 Å². The van der Waals surface area contributed by atoms with Crippen molar-refractivity contribution in [2.45, 2.75) is 63.4 Å². The van der Waals surface area contributed by atoms with Crippen molar-refractivity contribution in [3.05, 3.63) is 35.4 Å². The standard InChI is InChI=1S/C21H29F2N3O2/c1-12(2)21(27)26-8-6-18-19(26)5-7-25(18)14-10-17(24)20(28-11-14)15-9-13(22)3-4-16(15)23/h3-4,9,12,14,17-20H,5-8,10-11,24H2,1-2H3. The summed E-state index contributed by atoms with van der Waals surface area (Å²) in [5, 5.41) is 0. The molecular formula is C21H29F2N3O2. The summed E-state index contributed by atoms with van der Waals surface area (Å²) in [6.07, 6.45) is 1.98. The minimum absolute atomic E-state index is 0.0150. The third kappa shape index (κ3) is 3.44. The number of benzene rings is 1. The maximum absolute atomic E-state index is 14.1. The van der Waals surface area contributed by atoms with Crippen molar-refractivity contribution in [3.8, 4) is 0 Å². The Morgan fingerprint density at radius 3 is 2.68 bits per heavy atom. The first-order valence-corrected chi connectivity index (χ1v) is 10.2. The Labute approximate surface area is 164 Å². The molecule has 0 bridgehead atoms. The summed E-state index contributed by atoms with van der Waals surface area (Å²) in [7, 11) is 0. The fraction of sp³-hybridized carbons (Fsp3) is 0.667. The summed E-state index contributed by atoms with van der Waals surface area (Å²) < 4.78 is 33.6. The Morgan fingerprint density at radius 2 is 1.96 bits per heavy atom. The van der Waals surface area contributed by atoms with Crippen molar-refractivity contribution >= 4 is 5.91 Å². The van der Waals surface area contributed by atoms with Crippen LogP contribution in [0.5, 0.6) is 0 Å². The second kappa shape index (κ2) is 7.69. The van der Waals surface area contributed by atoms with Gasteiger partial charge in [-0.2, -0.15) is 0 Å². The third-order valence-corrected chi connectivity index (χ3v) is 6.53. The van der Waals surface area contributed by atoms with E-state index in [1.54, 1.807) is 0 Å². The zero-order valence-electron chi connectivity index (χ0n) is 16.5. The van der Waals surface area contributed by atoms with Gasteiger partial charge in [0.05, 0.1) is 6.61 Å². The van der Waals surface area contributed by atoms with Crippen LogP contribution < -0.4 is 5.73 Å². The predicted molar refractivity (Wildman–Crippen MR) is 101 cm³/mol. The molecule has 5 atom stereocenters. The predicted octanol–water partition coefficient (Wildman–Crippen LogP) is 2.45. The number of amides is 1. The van der Waals surface area contributed by atoms with Gasteiger partial charge in [0.1, 0.15) is 17.7 Å². The Morgan fingerprint density at radius 1 is 1.21 bits per heavy atom. The summed E-state index contributed by atoms with van der Waals surface area (Å²) in [5.41, 5.74) is 6.53. The van der Waals surface area contributed by atoms with Crippen LogP contribution in [0.1, 0.15) is 44.8 Å². The van der Waals surface area contributed by atoms with Crippen molar-refractivity contribution in [2.75, 3.05) is 19.7 Å². The third-order valence-electron chi connectivity index (χ3n) is 6.53. The van der Waals surface area contributed by atoms with Gasteiger partial charge >= 0.3 is 0 Å². The highest BCUT2D eigenvalue weighted by atomic mass is 19.1. The summed E-state index contributed by atoms with van der Waals surface area (Å²) >= 11 is 0. The Hall–Kier alpha value is -1.57.